The predicted octanol–water partition coefficient (Wildman–Crippen LogP) is 1.88. The highest BCUT2D eigenvalue weighted by molar-refractivity contribution is 4.75. The van der Waals surface area contributed by atoms with Gasteiger partial charge in [-0.2, -0.15) is 0 Å². The smallest absolute Gasteiger partial charge is 0.0600 e. The van der Waals surface area contributed by atoms with E-state index in [1.807, 2.05) is 0 Å². The molecule has 1 aliphatic rings. The third kappa shape index (κ3) is 5.83. The van der Waals surface area contributed by atoms with Gasteiger partial charge in [-0.25, -0.2) is 0 Å². The highest BCUT2D eigenvalue weighted by atomic mass is 16.5. The minimum atomic E-state index is -0.00570. The molecule has 1 saturated heterocycles. The summed E-state index contributed by atoms with van der Waals surface area (Å²) >= 11 is 0. The molecule has 0 radical (unpaired) electrons. The predicted molar refractivity (Wildman–Crippen MR) is 68.8 cm³/mol. The Morgan fingerprint density at radius 2 is 2.12 bits per heavy atom. The van der Waals surface area contributed by atoms with Crippen molar-refractivity contribution in [2.45, 2.75) is 52.2 Å². The van der Waals surface area contributed by atoms with Crippen LogP contribution in [0.5, 0.6) is 0 Å². The van der Waals surface area contributed by atoms with Crippen molar-refractivity contribution < 1.29 is 4.74 Å². The van der Waals surface area contributed by atoms with Crippen LogP contribution in [0.25, 0.3) is 0 Å². The van der Waals surface area contributed by atoms with Gasteiger partial charge in [0, 0.05) is 19.1 Å². The molecule has 3 nitrogen and oxygen atoms in total. The summed E-state index contributed by atoms with van der Waals surface area (Å²) < 4.78 is 5.78. The van der Waals surface area contributed by atoms with Crippen molar-refractivity contribution in [2.24, 2.45) is 0 Å². The number of hydrogen-bond donors (Lipinski definition) is 1. The van der Waals surface area contributed by atoms with E-state index in [2.05, 4.69) is 37.9 Å². The average Bonchev–Trinajstić information content (AvgIpc) is 2.41. The highest BCUT2D eigenvalue weighted by Gasteiger charge is 2.17. The Morgan fingerprint density at radius 3 is 2.75 bits per heavy atom. The third-order valence-corrected chi connectivity index (χ3v) is 3.00. The summed E-state index contributed by atoms with van der Waals surface area (Å²) in [5, 5.41) is 3.59. The first-order valence-corrected chi connectivity index (χ1v) is 6.61. The fourth-order valence-electron chi connectivity index (χ4n) is 2.03. The summed E-state index contributed by atoms with van der Waals surface area (Å²) in [6.45, 7) is 14.1. The molecule has 1 rings (SSSR count). The molecule has 1 fully saturated rings. The fourth-order valence-corrected chi connectivity index (χ4v) is 2.03. The maximum atomic E-state index is 5.78. The van der Waals surface area contributed by atoms with Crippen molar-refractivity contribution >= 4 is 0 Å². The van der Waals surface area contributed by atoms with Crippen LogP contribution in [0.1, 0.15) is 40.5 Å². The molecule has 16 heavy (non-hydrogen) atoms. The van der Waals surface area contributed by atoms with Crippen LogP contribution < -0.4 is 5.32 Å². The maximum Gasteiger partial charge on any atom is 0.0600 e. The molecule has 1 unspecified atom stereocenters. The molecule has 0 saturated carbocycles. The lowest BCUT2D eigenvalue weighted by Gasteiger charge is -2.26. The monoisotopic (exact) mass is 228 g/mol. The molecule has 0 aliphatic carbocycles. The van der Waals surface area contributed by atoms with Crippen LogP contribution in [-0.4, -0.2) is 49.3 Å². The average molecular weight is 228 g/mol. The molecule has 0 amide bonds. The standard InChI is InChI=1S/C13H28N2O/c1-5-12-11-15(8-6-7-14-12)9-10-16-13(2,3)4/h12,14H,5-11H2,1-4H3. The second kappa shape index (κ2) is 6.58. The molecule has 0 aromatic carbocycles. The molecule has 0 bridgehead atoms. The Morgan fingerprint density at radius 1 is 1.38 bits per heavy atom. The van der Waals surface area contributed by atoms with Crippen molar-refractivity contribution in [3.8, 4) is 0 Å². The van der Waals surface area contributed by atoms with Gasteiger partial charge in [-0.3, -0.25) is 4.90 Å². The zero-order chi connectivity index (χ0) is 12.0. The van der Waals surface area contributed by atoms with E-state index in [-0.39, 0.29) is 5.60 Å². The van der Waals surface area contributed by atoms with Crippen LogP contribution in [0.4, 0.5) is 0 Å². The lowest BCUT2D eigenvalue weighted by atomic mass is 10.2. The Kier molecular flexibility index (Phi) is 5.73. The van der Waals surface area contributed by atoms with Crippen molar-refractivity contribution in [2.75, 3.05) is 32.8 Å². The van der Waals surface area contributed by atoms with E-state index in [1.165, 1.54) is 25.9 Å². The molecule has 3 heteroatoms. The van der Waals surface area contributed by atoms with Gasteiger partial charge in [-0.1, -0.05) is 6.92 Å². The van der Waals surface area contributed by atoms with Crippen LogP contribution in [0, 0.1) is 0 Å². The summed E-state index contributed by atoms with van der Waals surface area (Å²) in [6.07, 6.45) is 2.47. The van der Waals surface area contributed by atoms with E-state index in [1.54, 1.807) is 0 Å². The lowest BCUT2D eigenvalue weighted by Crippen LogP contribution is -2.39. The van der Waals surface area contributed by atoms with Crippen LogP contribution in [-0.2, 0) is 4.74 Å². The Hall–Kier alpha value is -0.120. The molecule has 0 aromatic heterocycles. The van der Waals surface area contributed by atoms with Crippen LogP contribution in [0.15, 0.2) is 0 Å². The molecular weight excluding hydrogens is 200 g/mol. The Balaban J connectivity index is 2.24. The van der Waals surface area contributed by atoms with E-state index in [0.29, 0.717) is 6.04 Å². The number of rotatable bonds is 4. The van der Waals surface area contributed by atoms with Gasteiger partial charge < -0.3 is 10.1 Å². The van der Waals surface area contributed by atoms with E-state index in [0.717, 1.165) is 19.7 Å². The van der Waals surface area contributed by atoms with E-state index >= 15 is 0 Å². The summed E-state index contributed by atoms with van der Waals surface area (Å²) in [6, 6.07) is 0.664. The first kappa shape index (κ1) is 13.9. The Labute approximate surface area is 101 Å². The normalized spacial score (nSPS) is 24.4. The summed E-state index contributed by atoms with van der Waals surface area (Å²) in [4.78, 5) is 2.53. The first-order chi connectivity index (χ1) is 7.51. The molecule has 96 valence electrons. The molecule has 1 N–H and O–H groups in total. The lowest BCUT2D eigenvalue weighted by molar-refractivity contribution is -0.0131. The summed E-state index contributed by atoms with van der Waals surface area (Å²) in [5.41, 5.74) is -0.00570. The topological polar surface area (TPSA) is 24.5 Å². The minimum Gasteiger partial charge on any atom is -0.375 e. The van der Waals surface area contributed by atoms with E-state index in [9.17, 15) is 0 Å². The van der Waals surface area contributed by atoms with Crippen molar-refractivity contribution in [1.29, 1.82) is 0 Å². The van der Waals surface area contributed by atoms with Gasteiger partial charge in [0.1, 0.15) is 0 Å². The number of nitrogens with zero attached hydrogens (tertiary/aromatic N) is 1. The van der Waals surface area contributed by atoms with E-state index in [4.69, 9.17) is 4.74 Å². The fraction of sp³-hybridized carbons (Fsp3) is 1.00. The Bertz CT molecular complexity index is 189. The minimum absolute atomic E-state index is 0.00570. The largest absolute Gasteiger partial charge is 0.375 e. The van der Waals surface area contributed by atoms with Crippen LogP contribution >= 0.6 is 0 Å². The van der Waals surface area contributed by atoms with Crippen molar-refractivity contribution in [1.82, 2.24) is 10.2 Å². The molecule has 1 heterocycles. The van der Waals surface area contributed by atoms with Gasteiger partial charge in [-0.05, 0) is 46.7 Å². The second-order valence-electron chi connectivity index (χ2n) is 5.67. The van der Waals surface area contributed by atoms with Gasteiger partial charge in [0.05, 0.1) is 12.2 Å². The molecule has 1 atom stereocenters. The van der Waals surface area contributed by atoms with Crippen LogP contribution in [0.2, 0.25) is 0 Å². The first-order valence-electron chi connectivity index (χ1n) is 6.61. The summed E-state index contributed by atoms with van der Waals surface area (Å²) in [7, 11) is 0. The van der Waals surface area contributed by atoms with Gasteiger partial charge in [0.25, 0.3) is 0 Å². The van der Waals surface area contributed by atoms with Crippen LogP contribution in [0.3, 0.4) is 0 Å². The third-order valence-electron chi connectivity index (χ3n) is 3.00. The quantitative estimate of drug-likeness (QED) is 0.795. The van der Waals surface area contributed by atoms with Gasteiger partial charge in [-0.15, -0.1) is 0 Å². The van der Waals surface area contributed by atoms with Crippen molar-refractivity contribution in [3.63, 3.8) is 0 Å². The van der Waals surface area contributed by atoms with Gasteiger partial charge in [0.15, 0.2) is 0 Å². The summed E-state index contributed by atoms with van der Waals surface area (Å²) in [5.74, 6) is 0. The molecule has 0 aromatic rings. The maximum absolute atomic E-state index is 5.78. The second-order valence-corrected chi connectivity index (χ2v) is 5.67. The van der Waals surface area contributed by atoms with Crippen molar-refractivity contribution in [3.05, 3.63) is 0 Å². The highest BCUT2D eigenvalue weighted by Crippen LogP contribution is 2.08. The molecular formula is C13H28N2O. The SMILES string of the molecule is CCC1CN(CCOC(C)(C)C)CCCN1. The van der Waals surface area contributed by atoms with E-state index < -0.39 is 0 Å². The zero-order valence-electron chi connectivity index (χ0n) is 11.4. The number of hydrogen-bond acceptors (Lipinski definition) is 3. The molecule has 0 spiro atoms. The van der Waals surface area contributed by atoms with Gasteiger partial charge in [0.2, 0.25) is 0 Å². The molecule has 1 aliphatic heterocycles. The number of ether oxygens (including phenoxy) is 1. The van der Waals surface area contributed by atoms with Gasteiger partial charge >= 0.3 is 0 Å². The zero-order valence-corrected chi connectivity index (χ0v) is 11.4. The number of nitrogens with one attached hydrogen (secondary N) is 1.